The molecule has 0 radical (unpaired) electrons. The van der Waals surface area contributed by atoms with Crippen molar-refractivity contribution in [1.82, 2.24) is 14.8 Å². The van der Waals surface area contributed by atoms with Crippen molar-refractivity contribution < 1.29 is 9.18 Å². The Kier molecular flexibility index (Phi) is 2.63. The number of halogens is 1. The van der Waals surface area contributed by atoms with Gasteiger partial charge in [0.05, 0.1) is 5.56 Å². The van der Waals surface area contributed by atoms with Crippen LogP contribution in [0.1, 0.15) is 10.4 Å². The molecule has 0 bridgehead atoms. The fraction of sp³-hybridized carbons (Fsp3) is 0.100. The number of aryl methyl sites for hydroxylation is 1. The third-order valence-electron chi connectivity index (χ3n) is 1.96. The number of pyridine rings is 1. The number of anilines is 1. The van der Waals surface area contributed by atoms with E-state index in [9.17, 15) is 9.18 Å². The summed E-state index contributed by atoms with van der Waals surface area (Å²) in [7, 11) is 1.72. The average Bonchev–Trinajstić information content (AvgIpc) is 2.64. The molecule has 0 fully saturated rings. The predicted octanol–water partition coefficient (Wildman–Crippen LogP) is 1.21. The van der Waals surface area contributed by atoms with Gasteiger partial charge in [-0.3, -0.25) is 9.48 Å². The van der Waals surface area contributed by atoms with Crippen LogP contribution >= 0.6 is 0 Å². The molecule has 2 aromatic rings. The number of amides is 1. The molecule has 2 rings (SSSR count). The van der Waals surface area contributed by atoms with Crippen LogP contribution in [0.4, 0.5) is 10.2 Å². The highest BCUT2D eigenvalue weighted by Gasteiger charge is 2.12. The number of hydrogen-bond acceptors (Lipinski definition) is 3. The molecule has 82 valence electrons. The van der Waals surface area contributed by atoms with E-state index in [2.05, 4.69) is 15.4 Å². The molecule has 0 saturated carbocycles. The quantitative estimate of drug-likeness (QED) is 0.774. The third kappa shape index (κ3) is 2.05. The zero-order valence-electron chi connectivity index (χ0n) is 8.51. The van der Waals surface area contributed by atoms with Crippen LogP contribution in [0.3, 0.4) is 0 Å². The van der Waals surface area contributed by atoms with Gasteiger partial charge in [-0.25, -0.2) is 4.98 Å². The zero-order valence-corrected chi connectivity index (χ0v) is 8.51. The second kappa shape index (κ2) is 4.09. The number of aromatic nitrogens is 3. The summed E-state index contributed by atoms with van der Waals surface area (Å²) in [6.45, 7) is 0. The number of nitrogens with one attached hydrogen (secondary N) is 1. The van der Waals surface area contributed by atoms with Crippen molar-refractivity contribution in [3.8, 4) is 0 Å². The molecule has 0 aliphatic carbocycles. The fourth-order valence-corrected chi connectivity index (χ4v) is 1.22. The molecule has 1 N–H and O–H groups in total. The highest BCUT2D eigenvalue weighted by molar-refractivity contribution is 6.03. The minimum Gasteiger partial charge on any atom is -0.305 e. The molecule has 5 nitrogen and oxygen atoms in total. The maximum atomic E-state index is 13.2. The molecule has 0 aliphatic heterocycles. The predicted molar refractivity (Wildman–Crippen MR) is 55.4 cm³/mol. The molecule has 0 aliphatic rings. The van der Waals surface area contributed by atoms with E-state index >= 15 is 0 Å². The Morgan fingerprint density at radius 3 is 2.94 bits per heavy atom. The molecule has 0 spiro atoms. The van der Waals surface area contributed by atoms with E-state index < -0.39 is 11.9 Å². The topological polar surface area (TPSA) is 59.8 Å². The summed E-state index contributed by atoms with van der Waals surface area (Å²) >= 11 is 0. The standard InChI is InChI=1S/C10H9FN4O/c1-15-6-4-8(14-15)13-10(16)7-3-2-5-12-9(7)11/h2-6H,1H3,(H,13,14,16). The van der Waals surface area contributed by atoms with Crippen LogP contribution in [-0.4, -0.2) is 20.7 Å². The van der Waals surface area contributed by atoms with Crippen LogP contribution in [0, 0.1) is 5.95 Å². The smallest absolute Gasteiger partial charge is 0.261 e. The van der Waals surface area contributed by atoms with Gasteiger partial charge in [-0.1, -0.05) is 0 Å². The van der Waals surface area contributed by atoms with Gasteiger partial charge in [-0.15, -0.1) is 0 Å². The van der Waals surface area contributed by atoms with Crippen molar-refractivity contribution in [1.29, 1.82) is 0 Å². The summed E-state index contributed by atoms with van der Waals surface area (Å²) in [5, 5.41) is 6.42. The summed E-state index contributed by atoms with van der Waals surface area (Å²) in [5.41, 5.74) is -0.104. The Bertz CT molecular complexity index is 523. The minimum absolute atomic E-state index is 0.104. The van der Waals surface area contributed by atoms with Gasteiger partial charge in [0.2, 0.25) is 5.95 Å². The van der Waals surface area contributed by atoms with E-state index in [1.807, 2.05) is 0 Å². The number of rotatable bonds is 2. The summed E-state index contributed by atoms with van der Waals surface area (Å²) < 4.78 is 14.7. The van der Waals surface area contributed by atoms with Crippen molar-refractivity contribution in [2.45, 2.75) is 0 Å². The van der Waals surface area contributed by atoms with E-state index in [0.717, 1.165) is 0 Å². The monoisotopic (exact) mass is 220 g/mol. The van der Waals surface area contributed by atoms with E-state index in [0.29, 0.717) is 5.82 Å². The lowest BCUT2D eigenvalue weighted by Crippen LogP contribution is -2.14. The molecule has 0 aromatic carbocycles. The number of carbonyl (C=O) groups excluding carboxylic acids is 1. The molecule has 0 saturated heterocycles. The molecule has 2 aromatic heterocycles. The van der Waals surface area contributed by atoms with Gasteiger partial charge < -0.3 is 5.32 Å². The number of hydrogen-bond donors (Lipinski definition) is 1. The Labute approximate surface area is 90.9 Å². The van der Waals surface area contributed by atoms with Crippen molar-refractivity contribution in [3.05, 3.63) is 42.1 Å². The SMILES string of the molecule is Cn1ccc(NC(=O)c2cccnc2F)n1. The first-order chi connectivity index (χ1) is 7.66. The lowest BCUT2D eigenvalue weighted by atomic mass is 10.2. The van der Waals surface area contributed by atoms with Gasteiger partial charge in [-0.05, 0) is 12.1 Å². The Morgan fingerprint density at radius 1 is 1.50 bits per heavy atom. The summed E-state index contributed by atoms with van der Waals surface area (Å²) in [6, 6.07) is 4.48. The van der Waals surface area contributed by atoms with Gasteiger partial charge >= 0.3 is 0 Å². The lowest BCUT2D eigenvalue weighted by Gasteiger charge is -2.01. The van der Waals surface area contributed by atoms with E-state index in [-0.39, 0.29) is 5.56 Å². The largest absolute Gasteiger partial charge is 0.305 e. The molecule has 6 heteroatoms. The molecular weight excluding hydrogens is 211 g/mol. The maximum Gasteiger partial charge on any atom is 0.261 e. The third-order valence-corrected chi connectivity index (χ3v) is 1.96. The highest BCUT2D eigenvalue weighted by atomic mass is 19.1. The second-order valence-electron chi connectivity index (χ2n) is 3.17. The fourth-order valence-electron chi connectivity index (χ4n) is 1.22. The lowest BCUT2D eigenvalue weighted by molar-refractivity contribution is 0.102. The molecule has 1 amide bonds. The molecule has 2 heterocycles. The van der Waals surface area contributed by atoms with Crippen LogP contribution in [0.15, 0.2) is 30.6 Å². The molecule has 16 heavy (non-hydrogen) atoms. The van der Waals surface area contributed by atoms with Gasteiger partial charge in [0.25, 0.3) is 5.91 Å². The van der Waals surface area contributed by atoms with Crippen molar-refractivity contribution >= 4 is 11.7 Å². The first kappa shape index (κ1) is 10.3. The van der Waals surface area contributed by atoms with Gasteiger partial charge in [0.15, 0.2) is 5.82 Å². The van der Waals surface area contributed by atoms with Gasteiger partial charge in [-0.2, -0.15) is 9.49 Å². The first-order valence-corrected chi connectivity index (χ1v) is 4.58. The van der Waals surface area contributed by atoms with Crippen molar-refractivity contribution in [2.24, 2.45) is 7.05 Å². The van der Waals surface area contributed by atoms with Crippen LogP contribution in [0.2, 0.25) is 0 Å². The Balaban J connectivity index is 2.18. The summed E-state index contributed by atoms with van der Waals surface area (Å²) in [6.07, 6.45) is 2.96. The van der Waals surface area contributed by atoms with Crippen LogP contribution in [0.25, 0.3) is 0 Å². The second-order valence-corrected chi connectivity index (χ2v) is 3.17. The normalized spacial score (nSPS) is 10.1. The Morgan fingerprint density at radius 2 is 2.31 bits per heavy atom. The molecule has 0 atom stereocenters. The van der Waals surface area contributed by atoms with Crippen molar-refractivity contribution in [2.75, 3.05) is 5.32 Å². The van der Waals surface area contributed by atoms with E-state index in [4.69, 9.17) is 0 Å². The highest BCUT2D eigenvalue weighted by Crippen LogP contribution is 2.07. The van der Waals surface area contributed by atoms with Crippen molar-refractivity contribution in [3.63, 3.8) is 0 Å². The van der Waals surface area contributed by atoms with Gasteiger partial charge in [0, 0.05) is 25.5 Å². The first-order valence-electron chi connectivity index (χ1n) is 4.58. The van der Waals surface area contributed by atoms with Crippen LogP contribution < -0.4 is 5.32 Å². The van der Waals surface area contributed by atoms with Crippen LogP contribution in [0.5, 0.6) is 0 Å². The molecular formula is C10H9FN4O. The zero-order chi connectivity index (χ0) is 11.5. The maximum absolute atomic E-state index is 13.2. The number of nitrogens with zero attached hydrogens (tertiary/aromatic N) is 3. The number of carbonyl (C=O) groups is 1. The Hall–Kier alpha value is -2.24. The average molecular weight is 220 g/mol. The van der Waals surface area contributed by atoms with E-state index in [1.165, 1.54) is 23.0 Å². The molecule has 0 unspecified atom stereocenters. The van der Waals surface area contributed by atoms with Gasteiger partial charge in [0.1, 0.15) is 0 Å². The minimum atomic E-state index is -0.795. The van der Waals surface area contributed by atoms with Crippen LogP contribution in [-0.2, 0) is 7.05 Å². The van der Waals surface area contributed by atoms with E-state index in [1.54, 1.807) is 19.3 Å². The summed E-state index contributed by atoms with van der Waals surface area (Å²) in [5.74, 6) is -0.990. The summed E-state index contributed by atoms with van der Waals surface area (Å²) in [4.78, 5) is 15.0.